The molecule has 1 heterocycles. The molecule has 1 saturated heterocycles. The van der Waals surface area contributed by atoms with Gasteiger partial charge in [-0.1, -0.05) is 24.3 Å². The summed E-state index contributed by atoms with van der Waals surface area (Å²) in [5.74, 6) is -0.126. The molecule has 2 aromatic carbocycles. The van der Waals surface area contributed by atoms with Crippen molar-refractivity contribution in [3.8, 4) is 0 Å². The third-order valence-corrected chi connectivity index (χ3v) is 4.34. The van der Waals surface area contributed by atoms with E-state index in [0.717, 1.165) is 50.5 Å². The predicted molar refractivity (Wildman–Crippen MR) is 94.6 cm³/mol. The number of nitrogens with zero attached hydrogens (tertiary/aromatic N) is 2. The summed E-state index contributed by atoms with van der Waals surface area (Å²) in [6, 6.07) is 15.9. The molecule has 0 spiro atoms. The molecule has 23 heavy (non-hydrogen) atoms. The van der Waals surface area contributed by atoms with E-state index in [9.17, 15) is 4.39 Å². The molecule has 1 aliphatic heterocycles. The van der Waals surface area contributed by atoms with Gasteiger partial charge in [0.25, 0.3) is 0 Å². The van der Waals surface area contributed by atoms with Crippen molar-refractivity contribution >= 4 is 11.4 Å². The van der Waals surface area contributed by atoms with Crippen LogP contribution >= 0.6 is 0 Å². The van der Waals surface area contributed by atoms with Crippen molar-refractivity contribution in [3.05, 3.63) is 59.9 Å². The van der Waals surface area contributed by atoms with Crippen LogP contribution in [0, 0.1) is 5.82 Å². The number of halogens is 1. The van der Waals surface area contributed by atoms with Crippen LogP contribution in [0.15, 0.2) is 48.5 Å². The second-order valence-corrected chi connectivity index (χ2v) is 5.87. The van der Waals surface area contributed by atoms with Crippen molar-refractivity contribution in [2.24, 2.45) is 0 Å². The summed E-state index contributed by atoms with van der Waals surface area (Å²) < 4.78 is 14.2. The Bertz CT molecular complexity index is 624. The van der Waals surface area contributed by atoms with Crippen molar-refractivity contribution in [2.45, 2.75) is 13.5 Å². The molecule has 0 radical (unpaired) electrons. The smallest absolute Gasteiger partial charge is 0.146 e. The molecule has 0 bridgehead atoms. The van der Waals surface area contributed by atoms with Crippen molar-refractivity contribution in [1.29, 1.82) is 0 Å². The first-order chi connectivity index (χ1) is 11.3. The normalized spacial score (nSPS) is 14.8. The number of anilines is 2. The van der Waals surface area contributed by atoms with Crippen LogP contribution in [0.5, 0.6) is 0 Å². The molecule has 0 saturated carbocycles. The third-order valence-electron chi connectivity index (χ3n) is 4.34. The minimum atomic E-state index is -0.126. The molecule has 1 aliphatic rings. The maximum Gasteiger partial charge on any atom is 0.146 e. The van der Waals surface area contributed by atoms with Crippen LogP contribution in [0.4, 0.5) is 15.8 Å². The highest BCUT2D eigenvalue weighted by atomic mass is 19.1. The average Bonchev–Trinajstić information content (AvgIpc) is 2.62. The molecule has 3 nitrogen and oxygen atoms in total. The van der Waals surface area contributed by atoms with E-state index in [0.29, 0.717) is 0 Å². The molecule has 1 fully saturated rings. The van der Waals surface area contributed by atoms with Crippen LogP contribution in [0.25, 0.3) is 0 Å². The zero-order valence-corrected chi connectivity index (χ0v) is 13.6. The number of piperazine rings is 1. The number of rotatable bonds is 5. The zero-order valence-electron chi connectivity index (χ0n) is 13.6. The Morgan fingerprint density at radius 3 is 2.52 bits per heavy atom. The Labute approximate surface area is 137 Å². The highest BCUT2D eigenvalue weighted by Gasteiger charge is 2.15. The average molecular weight is 313 g/mol. The molecule has 0 atom stereocenters. The fourth-order valence-corrected chi connectivity index (χ4v) is 3.05. The summed E-state index contributed by atoms with van der Waals surface area (Å²) in [5.41, 5.74) is 3.07. The quantitative estimate of drug-likeness (QED) is 0.914. The summed E-state index contributed by atoms with van der Waals surface area (Å²) in [4.78, 5) is 4.43. The van der Waals surface area contributed by atoms with Crippen molar-refractivity contribution in [1.82, 2.24) is 5.32 Å². The maximum absolute atomic E-state index is 14.2. The first-order valence-electron chi connectivity index (χ1n) is 8.32. The number of hydrogen-bond donors (Lipinski definition) is 1. The highest BCUT2D eigenvalue weighted by Crippen LogP contribution is 2.24. The number of benzene rings is 2. The Balaban J connectivity index is 1.79. The Kier molecular flexibility index (Phi) is 5.13. The fraction of sp³-hybridized carbons (Fsp3) is 0.368. The van der Waals surface area contributed by atoms with Crippen LogP contribution in [0.2, 0.25) is 0 Å². The van der Waals surface area contributed by atoms with Crippen molar-refractivity contribution in [2.75, 3.05) is 42.5 Å². The van der Waals surface area contributed by atoms with Crippen LogP contribution in [-0.4, -0.2) is 32.7 Å². The lowest BCUT2D eigenvalue weighted by Crippen LogP contribution is -2.43. The second kappa shape index (κ2) is 7.47. The fourth-order valence-electron chi connectivity index (χ4n) is 3.05. The Hall–Kier alpha value is -2.07. The van der Waals surface area contributed by atoms with Crippen LogP contribution in [-0.2, 0) is 6.54 Å². The third kappa shape index (κ3) is 3.82. The van der Waals surface area contributed by atoms with E-state index in [1.54, 1.807) is 6.07 Å². The highest BCUT2D eigenvalue weighted by molar-refractivity contribution is 5.52. The standard InChI is InChI=1S/C19H24FN3/c1-2-22(17-6-4-3-5-7-17)15-16-8-9-18(20)19(14-16)23-12-10-21-11-13-23/h3-9,14,21H,2,10-13,15H2,1H3. The molecule has 1 N–H and O–H groups in total. The van der Waals surface area contributed by atoms with E-state index in [2.05, 4.69) is 46.3 Å². The molecule has 122 valence electrons. The van der Waals surface area contributed by atoms with E-state index in [1.807, 2.05) is 18.2 Å². The van der Waals surface area contributed by atoms with E-state index < -0.39 is 0 Å². The topological polar surface area (TPSA) is 18.5 Å². The Morgan fingerprint density at radius 1 is 1.09 bits per heavy atom. The van der Waals surface area contributed by atoms with Gasteiger partial charge in [-0.2, -0.15) is 0 Å². The van der Waals surface area contributed by atoms with Gasteiger partial charge in [0.1, 0.15) is 5.82 Å². The van der Waals surface area contributed by atoms with Crippen LogP contribution in [0.3, 0.4) is 0 Å². The van der Waals surface area contributed by atoms with Crippen molar-refractivity contribution < 1.29 is 4.39 Å². The summed E-state index contributed by atoms with van der Waals surface area (Å²) in [7, 11) is 0. The van der Waals surface area contributed by atoms with Gasteiger partial charge >= 0.3 is 0 Å². The molecule has 4 heteroatoms. The first kappa shape index (κ1) is 15.8. The molecular weight excluding hydrogens is 289 g/mol. The molecule has 3 rings (SSSR count). The Morgan fingerprint density at radius 2 is 1.83 bits per heavy atom. The van der Waals surface area contributed by atoms with Gasteiger partial charge in [-0.25, -0.2) is 4.39 Å². The lowest BCUT2D eigenvalue weighted by molar-refractivity contribution is 0.565. The van der Waals surface area contributed by atoms with E-state index in [-0.39, 0.29) is 5.82 Å². The maximum atomic E-state index is 14.2. The van der Waals surface area contributed by atoms with Crippen LogP contribution < -0.4 is 15.1 Å². The van der Waals surface area contributed by atoms with Crippen LogP contribution in [0.1, 0.15) is 12.5 Å². The lowest BCUT2D eigenvalue weighted by atomic mass is 10.1. The number of para-hydroxylation sites is 1. The second-order valence-electron chi connectivity index (χ2n) is 5.87. The molecule has 2 aromatic rings. The molecule has 0 aromatic heterocycles. The van der Waals surface area contributed by atoms with Gasteiger partial charge in [0.15, 0.2) is 0 Å². The summed E-state index contributed by atoms with van der Waals surface area (Å²) in [6.07, 6.45) is 0. The first-order valence-corrected chi connectivity index (χ1v) is 8.32. The molecular formula is C19H24FN3. The van der Waals surface area contributed by atoms with Gasteiger partial charge in [0.05, 0.1) is 5.69 Å². The minimum absolute atomic E-state index is 0.126. The van der Waals surface area contributed by atoms with Gasteiger partial charge in [-0.3, -0.25) is 0 Å². The lowest BCUT2D eigenvalue weighted by Gasteiger charge is -2.30. The largest absolute Gasteiger partial charge is 0.367 e. The summed E-state index contributed by atoms with van der Waals surface area (Å²) in [6.45, 7) is 7.40. The minimum Gasteiger partial charge on any atom is -0.367 e. The molecule has 0 amide bonds. The van der Waals surface area contributed by atoms with Gasteiger partial charge in [0, 0.05) is 45.0 Å². The SMILES string of the molecule is CCN(Cc1ccc(F)c(N2CCNCC2)c1)c1ccccc1. The monoisotopic (exact) mass is 313 g/mol. The van der Waals surface area contributed by atoms with Gasteiger partial charge < -0.3 is 15.1 Å². The molecule has 0 unspecified atom stereocenters. The van der Waals surface area contributed by atoms with Crippen molar-refractivity contribution in [3.63, 3.8) is 0 Å². The van der Waals surface area contributed by atoms with E-state index in [4.69, 9.17) is 0 Å². The summed E-state index contributed by atoms with van der Waals surface area (Å²) in [5, 5.41) is 3.31. The van der Waals surface area contributed by atoms with Gasteiger partial charge in [-0.15, -0.1) is 0 Å². The van der Waals surface area contributed by atoms with E-state index >= 15 is 0 Å². The molecule has 0 aliphatic carbocycles. The predicted octanol–water partition coefficient (Wildman–Crippen LogP) is 3.26. The summed E-state index contributed by atoms with van der Waals surface area (Å²) >= 11 is 0. The van der Waals surface area contributed by atoms with E-state index in [1.165, 1.54) is 5.69 Å². The number of hydrogen-bond acceptors (Lipinski definition) is 3. The van der Waals surface area contributed by atoms with Gasteiger partial charge in [-0.05, 0) is 36.8 Å². The number of nitrogens with one attached hydrogen (secondary N) is 1. The van der Waals surface area contributed by atoms with Gasteiger partial charge in [0.2, 0.25) is 0 Å². The zero-order chi connectivity index (χ0) is 16.1.